The van der Waals surface area contributed by atoms with Gasteiger partial charge in [0.2, 0.25) is 0 Å². The minimum Gasteiger partial charge on any atom is -0.481 e. The third-order valence-electron chi connectivity index (χ3n) is 3.68. The van der Waals surface area contributed by atoms with Crippen LogP contribution < -0.4 is 4.74 Å². The van der Waals surface area contributed by atoms with E-state index in [-0.39, 0.29) is 11.5 Å². The Kier molecular flexibility index (Phi) is 5.58. The molecular weight excluding hydrogens is 306 g/mol. The van der Waals surface area contributed by atoms with Crippen LogP contribution in [0.2, 0.25) is 0 Å². The van der Waals surface area contributed by atoms with Crippen LogP contribution in [-0.4, -0.2) is 35.0 Å². The predicted molar refractivity (Wildman–Crippen MR) is 91.1 cm³/mol. The summed E-state index contributed by atoms with van der Waals surface area (Å²) in [5.74, 6) is -0.454. The highest BCUT2D eigenvalue weighted by molar-refractivity contribution is 5.87. The van der Waals surface area contributed by atoms with Gasteiger partial charge in [0.15, 0.2) is 6.10 Å². The maximum absolute atomic E-state index is 12.4. The number of carboxylic acids is 1. The van der Waals surface area contributed by atoms with Crippen molar-refractivity contribution >= 4 is 11.9 Å². The first-order valence-electron chi connectivity index (χ1n) is 7.67. The van der Waals surface area contributed by atoms with Gasteiger partial charge in [0.25, 0.3) is 5.91 Å². The summed E-state index contributed by atoms with van der Waals surface area (Å²) in [6, 6.07) is 14.0. The molecule has 2 aromatic carbocycles. The number of ether oxygens (including phenoxy) is 1. The highest BCUT2D eigenvalue weighted by Crippen LogP contribution is 2.15. The molecule has 0 radical (unpaired) electrons. The number of aromatic carboxylic acids is 1. The third-order valence-corrected chi connectivity index (χ3v) is 3.68. The van der Waals surface area contributed by atoms with Crippen molar-refractivity contribution in [1.82, 2.24) is 4.90 Å². The monoisotopic (exact) mass is 327 g/mol. The summed E-state index contributed by atoms with van der Waals surface area (Å²) in [5, 5.41) is 8.89. The van der Waals surface area contributed by atoms with Crippen molar-refractivity contribution in [2.45, 2.75) is 26.5 Å². The molecule has 2 aromatic rings. The summed E-state index contributed by atoms with van der Waals surface area (Å²) in [4.78, 5) is 24.8. The minimum absolute atomic E-state index is 0.141. The van der Waals surface area contributed by atoms with Crippen LogP contribution in [0.25, 0.3) is 0 Å². The van der Waals surface area contributed by atoms with Crippen molar-refractivity contribution < 1.29 is 19.4 Å². The Labute approximate surface area is 141 Å². The summed E-state index contributed by atoms with van der Waals surface area (Å²) in [6.45, 7) is 4.09. The number of carboxylic acid groups (broad SMARTS) is 1. The Hall–Kier alpha value is -2.82. The van der Waals surface area contributed by atoms with Crippen LogP contribution in [0.15, 0.2) is 48.5 Å². The van der Waals surface area contributed by atoms with Gasteiger partial charge in [0.05, 0.1) is 5.56 Å². The molecule has 0 heterocycles. The molecule has 0 saturated carbocycles. The second kappa shape index (κ2) is 7.64. The Morgan fingerprint density at radius 1 is 1.08 bits per heavy atom. The van der Waals surface area contributed by atoms with Crippen molar-refractivity contribution in [2.24, 2.45) is 0 Å². The standard InChI is InChI=1S/C19H21NO4/c1-13-4-10-17(11-5-13)24-14(2)18(21)20(3)12-15-6-8-16(9-7-15)19(22)23/h4-11,14H,12H2,1-3H3,(H,22,23). The van der Waals surface area contributed by atoms with E-state index in [1.165, 1.54) is 12.1 Å². The predicted octanol–water partition coefficient (Wildman–Crippen LogP) is 3.12. The Morgan fingerprint density at radius 2 is 1.67 bits per heavy atom. The number of carbonyl (C=O) groups is 2. The van der Waals surface area contributed by atoms with Crippen molar-refractivity contribution in [3.05, 3.63) is 65.2 Å². The molecule has 1 atom stereocenters. The van der Waals surface area contributed by atoms with E-state index in [2.05, 4.69) is 0 Å². The molecular formula is C19H21NO4. The molecule has 0 bridgehead atoms. The van der Waals surface area contributed by atoms with E-state index in [4.69, 9.17) is 9.84 Å². The van der Waals surface area contributed by atoms with Crippen LogP contribution in [0.4, 0.5) is 0 Å². The van der Waals surface area contributed by atoms with E-state index < -0.39 is 12.1 Å². The fraction of sp³-hybridized carbons (Fsp3) is 0.263. The average molecular weight is 327 g/mol. The smallest absolute Gasteiger partial charge is 0.335 e. The van der Waals surface area contributed by atoms with Gasteiger partial charge >= 0.3 is 5.97 Å². The number of amides is 1. The largest absolute Gasteiger partial charge is 0.481 e. The van der Waals surface area contributed by atoms with E-state index in [9.17, 15) is 9.59 Å². The van der Waals surface area contributed by atoms with E-state index in [0.717, 1.165) is 11.1 Å². The molecule has 0 aliphatic rings. The molecule has 1 N–H and O–H groups in total. The van der Waals surface area contributed by atoms with E-state index in [0.29, 0.717) is 12.3 Å². The fourth-order valence-electron chi connectivity index (χ4n) is 2.29. The van der Waals surface area contributed by atoms with Gasteiger partial charge < -0.3 is 14.7 Å². The zero-order valence-corrected chi connectivity index (χ0v) is 14.0. The lowest BCUT2D eigenvalue weighted by atomic mass is 10.1. The number of hydrogen-bond donors (Lipinski definition) is 1. The van der Waals surface area contributed by atoms with Crippen LogP contribution in [0, 0.1) is 6.92 Å². The SMILES string of the molecule is Cc1ccc(OC(C)C(=O)N(C)Cc2ccc(C(=O)O)cc2)cc1. The molecule has 0 saturated heterocycles. The van der Waals surface area contributed by atoms with Crippen molar-refractivity contribution in [3.8, 4) is 5.75 Å². The number of benzene rings is 2. The van der Waals surface area contributed by atoms with Crippen LogP contribution in [0.5, 0.6) is 5.75 Å². The molecule has 1 amide bonds. The molecule has 0 fully saturated rings. The normalized spacial score (nSPS) is 11.6. The molecule has 126 valence electrons. The molecule has 1 unspecified atom stereocenters. The van der Waals surface area contributed by atoms with Gasteiger partial charge in [-0.05, 0) is 43.7 Å². The summed E-state index contributed by atoms with van der Waals surface area (Å²) in [5.41, 5.74) is 2.21. The topological polar surface area (TPSA) is 66.8 Å². The van der Waals surface area contributed by atoms with Gasteiger partial charge in [-0.1, -0.05) is 29.8 Å². The summed E-state index contributed by atoms with van der Waals surface area (Å²) in [7, 11) is 1.70. The highest BCUT2D eigenvalue weighted by Gasteiger charge is 2.19. The maximum atomic E-state index is 12.4. The molecule has 0 spiro atoms. The number of hydrogen-bond acceptors (Lipinski definition) is 3. The van der Waals surface area contributed by atoms with Crippen LogP contribution >= 0.6 is 0 Å². The Balaban J connectivity index is 1.95. The second-order valence-corrected chi connectivity index (χ2v) is 5.77. The van der Waals surface area contributed by atoms with Gasteiger partial charge in [-0.15, -0.1) is 0 Å². The number of rotatable bonds is 6. The zero-order valence-electron chi connectivity index (χ0n) is 14.0. The van der Waals surface area contributed by atoms with E-state index >= 15 is 0 Å². The average Bonchev–Trinajstić information content (AvgIpc) is 2.56. The van der Waals surface area contributed by atoms with Crippen LogP contribution in [0.1, 0.15) is 28.4 Å². The number of nitrogens with zero attached hydrogens (tertiary/aromatic N) is 1. The van der Waals surface area contributed by atoms with Gasteiger partial charge in [-0.2, -0.15) is 0 Å². The first kappa shape index (κ1) is 17.5. The van der Waals surface area contributed by atoms with Crippen LogP contribution in [0.3, 0.4) is 0 Å². The Morgan fingerprint density at radius 3 is 2.21 bits per heavy atom. The van der Waals surface area contributed by atoms with Crippen molar-refractivity contribution in [2.75, 3.05) is 7.05 Å². The molecule has 0 aromatic heterocycles. The summed E-state index contributed by atoms with van der Waals surface area (Å²) < 4.78 is 5.67. The van der Waals surface area contributed by atoms with E-state index in [1.807, 2.05) is 31.2 Å². The lowest BCUT2D eigenvalue weighted by Gasteiger charge is -2.22. The van der Waals surface area contributed by atoms with Gasteiger partial charge in [-0.25, -0.2) is 4.79 Å². The minimum atomic E-state index is -0.967. The van der Waals surface area contributed by atoms with Gasteiger partial charge in [0.1, 0.15) is 5.75 Å². The first-order valence-corrected chi connectivity index (χ1v) is 7.67. The van der Waals surface area contributed by atoms with Gasteiger partial charge in [0, 0.05) is 13.6 Å². The quantitative estimate of drug-likeness (QED) is 0.885. The van der Waals surface area contributed by atoms with Crippen molar-refractivity contribution in [1.29, 1.82) is 0 Å². The second-order valence-electron chi connectivity index (χ2n) is 5.77. The van der Waals surface area contributed by atoms with Gasteiger partial charge in [-0.3, -0.25) is 4.79 Å². The lowest BCUT2D eigenvalue weighted by molar-refractivity contribution is -0.137. The lowest BCUT2D eigenvalue weighted by Crippen LogP contribution is -2.37. The molecule has 24 heavy (non-hydrogen) atoms. The number of likely N-dealkylation sites (N-methyl/N-ethyl adjacent to an activating group) is 1. The molecule has 0 aliphatic heterocycles. The highest BCUT2D eigenvalue weighted by atomic mass is 16.5. The summed E-state index contributed by atoms with van der Waals surface area (Å²) in [6.07, 6.45) is -0.601. The first-order chi connectivity index (χ1) is 11.4. The summed E-state index contributed by atoms with van der Waals surface area (Å²) >= 11 is 0. The van der Waals surface area contributed by atoms with Crippen LogP contribution in [-0.2, 0) is 11.3 Å². The number of aryl methyl sites for hydroxylation is 1. The maximum Gasteiger partial charge on any atom is 0.335 e. The Bertz CT molecular complexity index is 707. The fourth-order valence-corrected chi connectivity index (χ4v) is 2.29. The molecule has 5 heteroatoms. The molecule has 0 aliphatic carbocycles. The van der Waals surface area contributed by atoms with Crippen molar-refractivity contribution in [3.63, 3.8) is 0 Å². The molecule has 5 nitrogen and oxygen atoms in total. The zero-order chi connectivity index (χ0) is 17.7. The number of carbonyl (C=O) groups excluding carboxylic acids is 1. The third kappa shape index (κ3) is 4.59. The molecule has 2 rings (SSSR count). The van der Waals surface area contributed by atoms with E-state index in [1.54, 1.807) is 31.0 Å².